The number of imidazole rings is 1. The van der Waals surface area contributed by atoms with Crippen LogP contribution in [0.25, 0.3) is 11.2 Å². The number of nitrogens with one attached hydrogen (secondary N) is 1. The number of fused-ring (bicyclic) bond motifs is 1. The highest BCUT2D eigenvalue weighted by molar-refractivity contribution is 5.70. The second-order valence-corrected chi connectivity index (χ2v) is 8.36. The molecule has 0 fully saturated rings. The van der Waals surface area contributed by atoms with E-state index in [0.717, 1.165) is 13.0 Å². The molecule has 0 unspecified atom stereocenters. The highest BCUT2D eigenvalue weighted by atomic mass is 16.1. The van der Waals surface area contributed by atoms with Crippen molar-refractivity contribution in [3.8, 4) is 0 Å². The van der Waals surface area contributed by atoms with E-state index in [1.54, 1.807) is 6.33 Å². The van der Waals surface area contributed by atoms with Gasteiger partial charge in [0, 0.05) is 6.54 Å². The quantitative estimate of drug-likeness (QED) is 0.319. The SMILES string of the molecule is CCCCCCCCCCCCCCCCCCn1cnc2c(=O)[nH]c(N)nc21. The van der Waals surface area contributed by atoms with Crippen LogP contribution in [0.3, 0.4) is 0 Å². The summed E-state index contributed by atoms with van der Waals surface area (Å²) in [5.41, 5.74) is 6.33. The molecule has 0 spiro atoms. The topological polar surface area (TPSA) is 89.6 Å². The van der Waals surface area contributed by atoms with Crippen molar-refractivity contribution in [3.05, 3.63) is 16.7 Å². The minimum Gasteiger partial charge on any atom is -0.369 e. The predicted octanol–water partition coefficient (Wildman–Crippen LogP) is 5.96. The molecule has 0 bridgehead atoms. The minimum absolute atomic E-state index is 0.149. The van der Waals surface area contributed by atoms with Gasteiger partial charge >= 0.3 is 0 Å². The van der Waals surface area contributed by atoms with E-state index in [1.807, 2.05) is 4.57 Å². The number of hydrogen-bond acceptors (Lipinski definition) is 4. The first kappa shape index (κ1) is 23.4. The zero-order valence-electron chi connectivity index (χ0n) is 18.4. The summed E-state index contributed by atoms with van der Waals surface area (Å²) in [4.78, 5) is 22.6. The molecule has 0 saturated heterocycles. The number of anilines is 1. The van der Waals surface area contributed by atoms with E-state index in [9.17, 15) is 4.79 Å². The highest BCUT2D eigenvalue weighted by Gasteiger charge is 2.08. The summed E-state index contributed by atoms with van der Waals surface area (Å²) in [5, 5.41) is 0. The molecule has 0 aliphatic heterocycles. The van der Waals surface area contributed by atoms with Crippen LogP contribution in [0.4, 0.5) is 5.95 Å². The standard InChI is InChI=1S/C23H41N5O/c1-2-3-4-5-6-7-8-9-10-11-12-13-14-15-16-17-18-28-19-25-20-21(28)26-23(24)27-22(20)29/h19H,2-18H2,1H3,(H3,24,26,27,29). The van der Waals surface area contributed by atoms with Crippen molar-refractivity contribution in [2.45, 2.75) is 116 Å². The van der Waals surface area contributed by atoms with Gasteiger partial charge in [-0.15, -0.1) is 0 Å². The Morgan fingerprint density at radius 2 is 1.31 bits per heavy atom. The Bertz CT molecular complexity index is 736. The van der Waals surface area contributed by atoms with E-state index in [1.165, 1.54) is 96.3 Å². The third kappa shape index (κ3) is 9.01. The maximum Gasteiger partial charge on any atom is 0.280 e. The molecule has 29 heavy (non-hydrogen) atoms. The van der Waals surface area contributed by atoms with Crippen molar-refractivity contribution in [1.82, 2.24) is 19.5 Å². The van der Waals surface area contributed by atoms with Crippen molar-refractivity contribution >= 4 is 17.1 Å². The van der Waals surface area contributed by atoms with E-state index in [-0.39, 0.29) is 11.5 Å². The molecule has 6 nitrogen and oxygen atoms in total. The summed E-state index contributed by atoms with van der Waals surface area (Å²) in [6.07, 6.45) is 23.5. The van der Waals surface area contributed by atoms with Crippen LogP contribution in [0.15, 0.2) is 11.1 Å². The summed E-state index contributed by atoms with van der Waals surface area (Å²) in [6.45, 7) is 3.12. The fourth-order valence-electron chi connectivity index (χ4n) is 3.96. The summed E-state index contributed by atoms with van der Waals surface area (Å²) in [6, 6.07) is 0. The van der Waals surface area contributed by atoms with Crippen LogP contribution in [0.2, 0.25) is 0 Å². The molecule has 164 valence electrons. The highest BCUT2D eigenvalue weighted by Crippen LogP contribution is 2.14. The number of aryl methyl sites for hydroxylation is 1. The number of rotatable bonds is 17. The van der Waals surface area contributed by atoms with Crippen molar-refractivity contribution < 1.29 is 0 Å². The molecule has 0 amide bonds. The molecule has 2 aromatic heterocycles. The Hall–Kier alpha value is -1.85. The van der Waals surface area contributed by atoms with Crippen LogP contribution in [-0.4, -0.2) is 19.5 Å². The molecule has 0 aliphatic carbocycles. The number of aromatic nitrogens is 4. The van der Waals surface area contributed by atoms with Gasteiger partial charge in [0.05, 0.1) is 6.33 Å². The van der Waals surface area contributed by atoms with Crippen LogP contribution in [0, 0.1) is 0 Å². The first-order valence-electron chi connectivity index (χ1n) is 11.9. The zero-order valence-corrected chi connectivity index (χ0v) is 18.4. The molecule has 6 heteroatoms. The van der Waals surface area contributed by atoms with Crippen molar-refractivity contribution in [1.29, 1.82) is 0 Å². The molecule has 2 heterocycles. The molecule has 0 saturated carbocycles. The van der Waals surface area contributed by atoms with Gasteiger partial charge in [0.25, 0.3) is 5.56 Å². The van der Waals surface area contributed by atoms with Gasteiger partial charge in [-0.3, -0.25) is 9.78 Å². The van der Waals surface area contributed by atoms with E-state index in [4.69, 9.17) is 5.73 Å². The van der Waals surface area contributed by atoms with Gasteiger partial charge in [0.1, 0.15) is 0 Å². The van der Waals surface area contributed by atoms with Crippen LogP contribution < -0.4 is 11.3 Å². The van der Waals surface area contributed by atoms with Crippen molar-refractivity contribution in [2.24, 2.45) is 0 Å². The lowest BCUT2D eigenvalue weighted by molar-refractivity contribution is 0.522. The fraction of sp³-hybridized carbons (Fsp3) is 0.783. The molecular weight excluding hydrogens is 362 g/mol. The van der Waals surface area contributed by atoms with E-state index in [0.29, 0.717) is 11.2 Å². The molecular formula is C23H41N5O. The molecule has 0 aliphatic rings. The second kappa shape index (κ2) is 14.2. The molecule has 0 atom stereocenters. The maximum absolute atomic E-state index is 11.8. The zero-order chi connectivity index (χ0) is 20.7. The maximum atomic E-state index is 11.8. The molecule has 0 radical (unpaired) electrons. The summed E-state index contributed by atoms with van der Waals surface area (Å²) < 4.78 is 1.94. The van der Waals surface area contributed by atoms with Gasteiger partial charge in [-0.2, -0.15) is 4.98 Å². The molecule has 2 aromatic rings. The number of nitrogen functional groups attached to an aromatic ring is 1. The third-order valence-electron chi connectivity index (χ3n) is 5.75. The molecule has 0 aromatic carbocycles. The second-order valence-electron chi connectivity index (χ2n) is 8.36. The number of nitrogens with zero attached hydrogens (tertiary/aromatic N) is 3. The van der Waals surface area contributed by atoms with Crippen LogP contribution in [0.5, 0.6) is 0 Å². The lowest BCUT2D eigenvalue weighted by Gasteiger charge is -2.05. The van der Waals surface area contributed by atoms with Gasteiger partial charge in [-0.25, -0.2) is 4.98 Å². The lowest BCUT2D eigenvalue weighted by atomic mass is 10.0. The lowest BCUT2D eigenvalue weighted by Crippen LogP contribution is -2.12. The van der Waals surface area contributed by atoms with Gasteiger partial charge < -0.3 is 10.3 Å². The van der Waals surface area contributed by atoms with Crippen molar-refractivity contribution in [3.63, 3.8) is 0 Å². The first-order valence-corrected chi connectivity index (χ1v) is 11.9. The number of hydrogen-bond donors (Lipinski definition) is 2. The number of nitrogens with two attached hydrogens (primary N) is 1. The Balaban J connectivity index is 1.41. The third-order valence-corrected chi connectivity index (χ3v) is 5.75. The fourth-order valence-corrected chi connectivity index (χ4v) is 3.96. The van der Waals surface area contributed by atoms with Gasteiger partial charge in [0.15, 0.2) is 11.2 Å². The van der Waals surface area contributed by atoms with Gasteiger partial charge in [-0.05, 0) is 6.42 Å². The Morgan fingerprint density at radius 1 is 0.828 bits per heavy atom. The Morgan fingerprint density at radius 3 is 1.83 bits per heavy atom. The molecule has 3 N–H and O–H groups in total. The Kier molecular flexibility index (Phi) is 11.5. The van der Waals surface area contributed by atoms with Crippen LogP contribution in [-0.2, 0) is 6.54 Å². The van der Waals surface area contributed by atoms with Gasteiger partial charge in [-0.1, -0.05) is 103 Å². The largest absolute Gasteiger partial charge is 0.369 e. The number of H-pyrrole nitrogens is 1. The predicted molar refractivity (Wildman–Crippen MR) is 122 cm³/mol. The van der Waals surface area contributed by atoms with E-state index in [2.05, 4.69) is 21.9 Å². The minimum atomic E-state index is -0.266. The summed E-state index contributed by atoms with van der Waals surface area (Å²) in [7, 11) is 0. The van der Waals surface area contributed by atoms with E-state index < -0.39 is 0 Å². The summed E-state index contributed by atoms with van der Waals surface area (Å²) >= 11 is 0. The smallest absolute Gasteiger partial charge is 0.280 e. The first-order chi connectivity index (χ1) is 14.2. The Labute approximate surface area is 175 Å². The van der Waals surface area contributed by atoms with Gasteiger partial charge in [0.2, 0.25) is 5.95 Å². The monoisotopic (exact) mass is 403 g/mol. The average Bonchev–Trinajstić information content (AvgIpc) is 3.11. The average molecular weight is 404 g/mol. The van der Waals surface area contributed by atoms with Crippen molar-refractivity contribution in [2.75, 3.05) is 5.73 Å². The normalized spacial score (nSPS) is 11.5. The molecule has 2 rings (SSSR count). The van der Waals surface area contributed by atoms with E-state index >= 15 is 0 Å². The number of unbranched alkanes of at least 4 members (excludes halogenated alkanes) is 15. The van der Waals surface area contributed by atoms with Crippen LogP contribution >= 0.6 is 0 Å². The number of aromatic amines is 1. The summed E-state index contributed by atoms with van der Waals surface area (Å²) in [5.74, 6) is 0.149. The van der Waals surface area contributed by atoms with Crippen LogP contribution in [0.1, 0.15) is 110 Å².